The Morgan fingerprint density at radius 3 is 2.50 bits per heavy atom. The lowest BCUT2D eigenvalue weighted by Crippen LogP contribution is -2.28. The molecule has 0 aliphatic rings. The number of hydrogen-bond acceptors (Lipinski definition) is 3. The predicted octanol–water partition coefficient (Wildman–Crippen LogP) is 3.85. The van der Waals surface area contributed by atoms with Crippen LogP contribution in [0, 0.1) is 11.8 Å². The van der Waals surface area contributed by atoms with Gasteiger partial charge in [-0.3, -0.25) is 0 Å². The Morgan fingerprint density at radius 1 is 1.44 bits per heavy atom. The van der Waals surface area contributed by atoms with Crippen LogP contribution in [0.5, 0.6) is 0 Å². The maximum atomic E-state index is 11.6. The SMILES string of the molecule is C=CC#CCC(OC(=O)OC(C)(C)C)/C(C)=C/C. The van der Waals surface area contributed by atoms with E-state index in [4.69, 9.17) is 9.47 Å². The number of rotatable bonds is 3. The second-order valence-electron chi connectivity index (χ2n) is 4.83. The van der Waals surface area contributed by atoms with Gasteiger partial charge in [0.1, 0.15) is 11.7 Å². The van der Waals surface area contributed by atoms with Crippen LogP contribution in [-0.4, -0.2) is 17.9 Å². The van der Waals surface area contributed by atoms with Crippen molar-refractivity contribution in [2.45, 2.75) is 52.7 Å². The highest BCUT2D eigenvalue weighted by molar-refractivity contribution is 5.61. The van der Waals surface area contributed by atoms with Gasteiger partial charge >= 0.3 is 6.16 Å². The van der Waals surface area contributed by atoms with E-state index >= 15 is 0 Å². The molecule has 0 saturated heterocycles. The Hall–Kier alpha value is -1.69. The number of allylic oxidation sites excluding steroid dienone is 2. The van der Waals surface area contributed by atoms with Crippen molar-refractivity contribution in [3.05, 3.63) is 24.3 Å². The molecule has 0 aromatic heterocycles. The van der Waals surface area contributed by atoms with E-state index in [0.29, 0.717) is 6.42 Å². The molecule has 1 atom stereocenters. The van der Waals surface area contributed by atoms with E-state index in [9.17, 15) is 4.79 Å². The first-order valence-electron chi connectivity index (χ1n) is 5.92. The molecule has 0 N–H and O–H groups in total. The minimum atomic E-state index is -0.672. The zero-order valence-corrected chi connectivity index (χ0v) is 11.9. The third-order valence-corrected chi connectivity index (χ3v) is 2.08. The molecular formula is C15H22O3. The molecule has 0 bridgehead atoms. The lowest BCUT2D eigenvalue weighted by Gasteiger charge is -2.22. The lowest BCUT2D eigenvalue weighted by atomic mass is 10.1. The molecule has 0 aromatic carbocycles. The van der Waals surface area contributed by atoms with E-state index in [-0.39, 0.29) is 6.10 Å². The molecule has 0 aliphatic heterocycles. The third kappa shape index (κ3) is 7.56. The first-order valence-corrected chi connectivity index (χ1v) is 5.92. The molecule has 0 amide bonds. The molecule has 18 heavy (non-hydrogen) atoms. The summed E-state index contributed by atoms with van der Waals surface area (Å²) >= 11 is 0. The van der Waals surface area contributed by atoms with Crippen LogP contribution in [-0.2, 0) is 9.47 Å². The molecule has 0 fully saturated rings. The van der Waals surface area contributed by atoms with Crippen LogP contribution in [0.4, 0.5) is 4.79 Å². The summed E-state index contributed by atoms with van der Waals surface area (Å²) in [5.41, 5.74) is 0.386. The maximum Gasteiger partial charge on any atom is 0.509 e. The predicted molar refractivity (Wildman–Crippen MR) is 73.1 cm³/mol. The third-order valence-electron chi connectivity index (χ3n) is 2.08. The molecular weight excluding hydrogens is 228 g/mol. The van der Waals surface area contributed by atoms with Gasteiger partial charge in [-0.25, -0.2) is 4.79 Å². The fraction of sp³-hybridized carbons (Fsp3) is 0.533. The highest BCUT2D eigenvalue weighted by atomic mass is 16.7. The van der Waals surface area contributed by atoms with E-state index in [1.54, 1.807) is 20.8 Å². The van der Waals surface area contributed by atoms with E-state index in [2.05, 4.69) is 18.4 Å². The summed E-state index contributed by atoms with van der Waals surface area (Å²) in [4.78, 5) is 11.6. The van der Waals surface area contributed by atoms with Gasteiger partial charge in [-0.05, 0) is 46.3 Å². The fourth-order valence-corrected chi connectivity index (χ4v) is 1.10. The number of ether oxygens (including phenoxy) is 2. The van der Waals surface area contributed by atoms with Crippen LogP contribution in [0.3, 0.4) is 0 Å². The van der Waals surface area contributed by atoms with E-state index in [1.807, 2.05) is 19.9 Å². The van der Waals surface area contributed by atoms with Gasteiger partial charge in [-0.1, -0.05) is 24.5 Å². The smallest absolute Gasteiger partial charge is 0.429 e. The Kier molecular flexibility index (Phi) is 6.89. The summed E-state index contributed by atoms with van der Waals surface area (Å²) in [6.07, 6.45) is 2.79. The Morgan fingerprint density at radius 2 is 2.06 bits per heavy atom. The van der Waals surface area contributed by atoms with Crippen molar-refractivity contribution in [3.63, 3.8) is 0 Å². The minimum absolute atomic E-state index is 0.378. The van der Waals surface area contributed by atoms with Gasteiger partial charge in [0, 0.05) is 0 Å². The molecule has 0 radical (unpaired) electrons. The van der Waals surface area contributed by atoms with Crippen LogP contribution in [0.2, 0.25) is 0 Å². The molecule has 3 heteroatoms. The summed E-state index contributed by atoms with van der Waals surface area (Å²) in [5.74, 6) is 5.61. The van der Waals surface area contributed by atoms with Crippen molar-refractivity contribution in [2.75, 3.05) is 0 Å². The fourth-order valence-electron chi connectivity index (χ4n) is 1.10. The molecule has 0 aliphatic carbocycles. The van der Waals surface area contributed by atoms with Crippen molar-refractivity contribution in [2.24, 2.45) is 0 Å². The van der Waals surface area contributed by atoms with Gasteiger partial charge in [0.05, 0.1) is 6.42 Å². The van der Waals surface area contributed by atoms with Crippen LogP contribution in [0.1, 0.15) is 41.0 Å². The monoisotopic (exact) mass is 250 g/mol. The topological polar surface area (TPSA) is 35.5 Å². The van der Waals surface area contributed by atoms with Crippen molar-refractivity contribution < 1.29 is 14.3 Å². The van der Waals surface area contributed by atoms with Crippen molar-refractivity contribution in [1.29, 1.82) is 0 Å². The van der Waals surface area contributed by atoms with Crippen molar-refractivity contribution >= 4 is 6.16 Å². The summed E-state index contributed by atoms with van der Waals surface area (Å²) in [6.45, 7) is 12.7. The molecule has 0 heterocycles. The largest absolute Gasteiger partial charge is 0.509 e. The second-order valence-corrected chi connectivity index (χ2v) is 4.83. The van der Waals surface area contributed by atoms with Gasteiger partial charge in [0.25, 0.3) is 0 Å². The molecule has 100 valence electrons. The average molecular weight is 250 g/mol. The second kappa shape index (κ2) is 7.60. The van der Waals surface area contributed by atoms with Crippen LogP contribution in [0.15, 0.2) is 24.3 Å². The first-order chi connectivity index (χ1) is 8.30. The highest BCUT2D eigenvalue weighted by Gasteiger charge is 2.21. The average Bonchev–Trinajstić information content (AvgIpc) is 2.24. The van der Waals surface area contributed by atoms with E-state index in [1.165, 1.54) is 6.08 Å². The molecule has 3 nitrogen and oxygen atoms in total. The lowest BCUT2D eigenvalue weighted by molar-refractivity contribution is -0.0193. The minimum Gasteiger partial charge on any atom is -0.429 e. The van der Waals surface area contributed by atoms with Gasteiger partial charge < -0.3 is 9.47 Å². The summed E-state index contributed by atoms with van der Waals surface area (Å²) < 4.78 is 10.4. The van der Waals surface area contributed by atoms with Crippen LogP contribution >= 0.6 is 0 Å². The quantitative estimate of drug-likeness (QED) is 0.433. The molecule has 0 aromatic rings. The van der Waals surface area contributed by atoms with Gasteiger partial charge in [-0.2, -0.15) is 0 Å². The number of carbonyl (C=O) groups is 1. The molecule has 0 spiro atoms. The Bertz CT molecular complexity index is 375. The van der Waals surface area contributed by atoms with Crippen LogP contribution < -0.4 is 0 Å². The van der Waals surface area contributed by atoms with Crippen LogP contribution in [0.25, 0.3) is 0 Å². The zero-order valence-electron chi connectivity index (χ0n) is 11.9. The zero-order chi connectivity index (χ0) is 14.2. The summed E-state index contributed by atoms with van der Waals surface area (Å²) in [7, 11) is 0. The summed E-state index contributed by atoms with van der Waals surface area (Å²) in [5, 5.41) is 0. The molecule has 1 unspecified atom stereocenters. The van der Waals surface area contributed by atoms with Crippen molar-refractivity contribution in [1.82, 2.24) is 0 Å². The molecule has 0 rings (SSSR count). The van der Waals surface area contributed by atoms with Gasteiger partial charge in [-0.15, -0.1) is 0 Å². The standard InChI is InChI=1S/C15H22O3/c1-7-9-10-11-13(12(3)8-2)17-14(16)18-15(4,5)6/h7-8,13H,1,11H2,2-6H3/b12-8+. The van der Waals surface area contributed by atoms with Gasteiger partial charge in [0.2, 0.25) is 0 Å². The Labute approximate surface area is 110 Å². The van der Waals surface area contributed by atoms with E-state index < -0.39 is 11.8 Å². The molecule has 0 saturated carbocycles. The maximum absolute atomic E-state index is 11.6. The number of carbonyl (C=O) groups excluding carboxylic acids is 1. The van der Waals surface area contributed by atoms with E-state index in [0.717, 1.165) is 5.57 Å². The first kappa shape index (κ1) is 16.3. The number of hydrogen-bond donors (Lipinski definition) is 0. The van der Waals surface area contributed by atoms with Crippen molar-refractivity contribution in [3.8, 4) is 11.8 Å². The normalized spacial score (nSPS) is 13.1. The van der Waals surface area contributed by atoms with Gasteiger partial charge in [0.15, 0.2) is 0 Å². The highest BCUT2D eigenvalue weighted by Crippen LogP contribution is 2.14. The summed E-state index contributed by atoms with van der Waals surface area (Å²) in [6, 6.07) is 0. The Balaban J connectivity index is 4.60.